The average molecular weight is 245 g/mol. The van der Waals surface area contributed by atoms with Gasteiger partial charge in [0.1, 0.15) is 5.76 Å². The first kappa shape index (κ1) is 14.0. The Balaban J connectivity index is 2.50. The summed E-state index contributed by atoms with van der Waals surface area (Å²) in [5, 5.41) is 2.65. The largest absolute Gasteiger partial charge is 0.456 e. The molecule has 0 spiro atoms. The zero-order valence-electron chi connectivity index (χ0n) is 11.0. The smallest absolute Gasteiger partial charge is 0.291 e. The fourth-order valence-electron chi connectivity index (χ4n) is 1.43. The molecule has 3 nitrogen and oxygen atoms in total. The van der Waals surface area contributed by atoms with E-state index < -0.39 is 0 Å². The Morgan fingerprint density at radius 1 is 1.39 bits per heavy atom. The zero-order chi connectivity index (χ0) is 13.5. The normalized spacial score (nSPS) is 10.6. The van der Waals surface area contributed by atoms with E-state index in [1.54, 1.807) is 25.1 Å². The number of furan rings is 1. The number of hydrogen-bond acceptors (Lipinski definition) is 2. The molecule has 0 fully saturated rings. The van der Waals surface area contributed by atoms with Crippen LogP contribution in [0.25, 0.3) is 0 Å². The van der Waals surface area contributed by atoms with Crippen LogP contribution in [0.3, 0.4) is 0 Å². The number of nitrogens with one attached hydrogen (secondary N) is 1. The molecule has 0 bridgehead atoms. The lowest BCUT2D eigenvalue weighted by Gasteiger charge is -2.02. The van der Waals surface area contributed by atoms with Crippen LogP contribution in [0, 0.1) is 6.92 Å². The number of carbonyl (C=O) groups excluding carboxylic acids is 1. The van der Waals surface area contributed by atoms with Gasteiger partial charge in [-0.05, 0) is 31.6 Å². The molecule has 1 heterocycles. The highest BCUT2D eigenvalue weighted by atomic mass is 16.3. The Kier molecular flexibility index (Phi) is 5.18. The van der Waals surface area contributed by atoms with E-state index in [4.69, 9.17) is 4.42 Å². The molecule has 0 aliphatic rings. The van der Waals surface area contributed by atoms with Gasteiger partial charge >= 0.3 is 0 Å². The highest BCUT2D eigenvalue weighted by Crippen LogP contribution is 2.07. The summed E-state index contributed by atoms with van der Waals surface area (Å²) >= 11 is 0. The Morgan fingerprint density at radius 2 is 2.11 bits per heavy atom. The van der Waals surface area contributed by atoms with Crippen LogP contribution in [0.5, 0.6) is 0 Å². The summed E-state index contributed by atoms with van der Waals surface area (Å²) in [6.07, 6.45) is 5.59. The average Bonchev–Trinajstić information content (AvgIpc) is 2.74. The molecular weight excluding hydrogens is 226 g/mol. The van der Waals surface area contributed by atoms with Crippen LogP contribution in [0.4, 0.5) is 0 Å². The van der Waals surface area contributed by atoms with E-state index in [9.17, 15) is 4.79 Å². The van der Waals surface area contributed by atoms with Gasteiger partial charge in [0.15, 0.2) is 5.76 Å². The molecule has 0 aromatic carbocycles. The van der Waals surface area contributed by atoms with Crippen LogP contribution < -0.4 is 5.32 Å². The van der Waals surface area contributed by atoms with E-state index in [1.165, 1.54) is 0 Å². The third-order valence-electron chi connectivity index (χ3n) is 2.33. The topological polar surface area (TPSA) is 42.2 Å². The van der Waals surface area contributed by atoms with E-state index in [1.807, 2.05) is 6.08 Å². The molecule has 0 radical (unpaired) electrons. The number of aryl methyl sites for hydroxylation is 1. The van der Waals surface area contributed by atoms with Gasteiger partial charge in [-0.25, -0.2) is 0 Å². The van der Waals surface area contributed by atoms with Crippen LogP contribution in [0.2, 0.25) is 0 Å². The van der Waals surface area contributed by atoms with Gasteiger partial charge in [0.25, 0.3) is 5.91 Å². The van der Waals surface area contributed by atoms with Crippen molar-refractivity contribution in [3.63, 3.8) is 0 Å². The first-order valence-electron chi connectivity index (χ1n) is 5.95. The minimum absolute atomic E-state index is 0.287. The summed E-state index contributed by atoms with van der Waals surface area (Å²) in [6, 6.07) is 3.38. The first-order chi connectivity index (χ1) is 8.52. The summed E-state index contributed by atoms with van der Waals surface area (Å²) in [5.41, 5.74) is 1.54. The molecule has 1 amide bonds. The molecule has 0 saturated heterocycles. The Hall–Kier alpha value is -2.03. The predicted octanol–water partition coefficient (Wildman–Crippen LogP) is 3.74. The van der Waals surface area contributed by atoms with Crippen LogP contribution in [0.1, 0.15) is 36.1 Å². The fourth-order valence-corrected chi connectivity index (χ4v) is 1.43. The molecule has 0 aliphatic carbocycles. The minimum Gasteiger partial charge on any atom is -0.456 e. The third kappa shape index (κ3) is 4.45. The molecule has 1 aromatic heterocycles. The molecule has 96 valence electrons. The maximum atomic E-state index is 11.7. The van der Waals surface area contributed by atoms with Gasteiger partial charge in [-0.3, -0.25) is 4.79 Å². The van der Waals surface area contributed by atoms with Crippen LogP contribution in [-0.4, -0.2) is 5.91 Å². The van der Waals surface area contributed by atoms with Gasteiger partial charge in [0.2, 0.25) is 0 Å². The van der Waals surface area contributed by atoms with Gasteiger partial charge < -0.3 is 9.73 Å². The predicted molar refractivity (Wildman–Crippen MR) is 73.2 cm³/mol. The lowest BCUT2D eigenvalue weighted by atomic mass is 10.1. The second-order valence-corrected chi connectivity index (χ2v) is 4.13. The van der Waals surface area contributed by atoms with Crippen molar-refractivity contribution < 1.29 is 9.21 Å². The highest BCUT2D eigenvalue weighted by Gasteiger charge is 2.09. The Labute approximate surface area is 108 Å². The van der Waals surface area contributed by atoms with Gasteiger partial charge in [-0.2, -0.15) is 0 Å². The third-order valence-corrected chi connectivity index (χ3v) is 2.33. The van der Waals surface area contributed by atoms with Crippen molar-refractivity contribution in [2.24, 2.45) is 0 Å². The molecule has 1 aromatic rings. The van der Waals surface area contributed by atoms with Gasteiger partial charge in [0.05, 0.1) is 0 Å². The zero-order valence-corrected chi connectivity index (χ0v) is 11.0. The van der Waals surface area contributed by atoms with E-state index in [-0.39, 0.29) is 11.7 Å². The quantitative estimate of drug-likeness (QED) is 0.776. The van der Waals surface area contributed by atoms with Crippen molar-refractivity contribution in [2.45, 2.75) is 26.7 Å². The number of amides is 1. The molecule has 0 unspecified atom stereocenters. The molecule has 1 rings (SSSR count). The Morgan fingerprint density at radius 3 is 2.67 bits per heavy atom. The standard InChI is InChI=1S/C15H19NO2/c1-5-6-11(2)7-8-12(3)16-15(17)14-10-9-13(4)18-14/h7-10H,2-3,5-6H2,1,4H3,(H,16,17)/b8-7-. The Bertz CT molecular complexity index is 480. The fraction of sp³-hybridized carbons (Fsp3) is 0.267. The summed E-state index contributed by atoms with van der Waals surface area (Å²) < 4.78 is 5.22. The molecule has 18 heavy (non-hydrogen) atoms. The summed E-state index contributed by atoms with van der Waals surface area (Å²) in [5.74, 6) is 0.700. The van der Waals surface area contributed by atoms with Crippen molar-refractivity contribution in [1.82, 2.24) is 5.32 Å². The van der Waals surface area contributed by atoms with Crippen molar-refractivity contribution >= 4 is 5.91 Å². The highest BCUT2D eigenvalue weighted by molar-refractivity contribution is 5.92. The second-order valence-electron chi connectivity index (χ2n) is 4.13. The van der Waals surface area contributed by atoms with Crippen LogP contribution in [-0.2, 0) is 0 Å². The van der Waals surface area contributed by atoms with E-state index >= 15 is 0 Å². The van der Waals surface area contributed by atoms with Crippen molar-refractivity contribution in [3.05, 3.63) is 60.2 Å². The number of carbonyl (C=O) groups is 1. The van der Waals surface area contributed by atoms with Crippen molar-refractivity contribution in [2.75, 3.05) is 0 Å². The van der Waals surface area contributed by atoms with E-state index in [0.29, 0.717) is 11.5 Å². The lowest BCUT2D eigenvalue weighted by molar-refractivity contribution is 0.0938. The summed E-state index contributed by atoms with van der Waals surface area (Å²) in [4.78, 5) is 11.7. The van der Waals surface area contributed by atoms with Crippen molar-refractivity contribution in [1.29, 1.82) is 0 Å². The molecular formula is C15H19NO2. The van der Waals surface area contributed by atoms with Crippen LogP contribution >= 0.6 is 0 Å². The lowest BCUT2D eigenvalue weighted by Crippen LogP contribution is -2.20. The minimum atomic E-state index is -0.293. The van der Waals surface area contributed by atoms with Gasteiger partial charge in [-0.1, -0.05) is 38.2 Å². The molecule has 1 N–H and O–H groups in total. The number of hydrogen-bond donors (Lipinski definition) is 1. The first-order valence-corrected chi connectivity index (χ1v) is 5.95. The maximum absolute atomic E-state index is 11.7. The number of allylic oxidation sites excluding steroid dienone is 3. The van der Waals surface area contributed by atoms with Gasteiger partial charge in [-0.15, -0.1) is 0 Å². The SMILES string of the molecule is C=C(/C=C\C(=C)NC(=O)c1ccc(C)o1)CCC. The maximum Gasteiger partial charge on any atom is 0.291 e. The molecule has 0 atom stereocenters. The van der Waals surface area contributed by atoms with E-state index in [0.717, 1.165) is 18.4 Å². The summed E-state index contributed by atoms with van der Waals surface area (Å²) in [7, 11) is 0. The number of rotatable bonds is 6. The molecule has 0 aliphatic heterocycles. The molecule has 0 saturated carbocycles. The van der Waals surface area contributed by atoms with Crippen LogP contribution in [0.15, 0.2) is 53.1 Å². The second kappa shape index (κ2) is 6.64. The molecule has 3 heteroatoms. The van der Waals surface area contributed by atoms with Gasteiger partial charge in [0, 0.05) is 5.70 Å². The van der Waals surface area contributed by atoms with Crippen molar-refractivity contribution in [3.8, 4) is 0 Å². The monoisotopic (exact) mass is 245 g/mol. The summed E-state index contributed by atoms with van der Waals surface area (Å²) in [6.45, 7) is 11.5. The van der Waals surface area contributed by atoms with E-state index in [2.05, 4.69) is 25.4 Å².